The van der Waals surface area contributed by atoms with E-state index in [0.29, 0.717) is 12.5 Å². The van der Waals surface area contributed by atoms with Gasteiger partial charge in [-0.25, -0.2) is 0 Å². The first-order chi connectivity index (χ1) is 8.29. The Morgan fingerprint density at radius 1 is 1.41 bits per heavy atom. The van der Waals surface area contributed by atoms with Crippen LogP contribution in [-0.4, -0.2) is 42.2 Å². The summed E-state index contributed by atoms with van der Waals surface area (Å²) in [7, 11) is 0. The molecule has 0 saturated carbocycles. The standard InChI is InChI=1S/C13H21N3O/c1-2-16(7-11-3-5-15-6-4-11)8-12-9-17-10-13(12)14/h3-6,12-13H,2,7-10,14H2,1H3. The van der Waals surface area contributed by atoms with E-state index in [1.54, 1.807) is 0 Å². The molecule has 94 valence electrons. The topological polar surface area (TPSA) is 51.4 Å². The van der Waals surface area contributed by atoms with Crippen LogP contribution in [0, 0.1) is 5.92 Å². The Morgan fingerprint density at radius 2 is 2.18 bits per heavy atom. The highest BCUT2D eigenvalue weighted by Gasteiger charge is 2.26. The molecule has 2 atom stereocenters. The van der Waals surface area contributed by atoms with E-state index in [0.717, 1.165) is 26.2 Å². The molecular formula is C13H21N3O. The first-order valence-corrected chi connectivity index (χ1v) is 6.24. The molecule has 1 aliphatic heterocycles. The molecule has 2 heterocycles. The molecule has 1 aliphatic rings. The molecule has 0 spiro atoms. The molecule has 17 heavy (non-hydrogen) atoms. The van der Waals surface area contributed by atoms with Crippen molar-refractivity contribution in [2.45, 2.75) is 19.5 Å². The fraction of sp³-hybridized carbons (Fsp3) is 0.615. The van der Waals surface area contributed by atoms with Gasteiger partial charge in [0.2, 0.25) is 0 Å². The number of nitrogens with two attached hydrogens (primary N) is 1. The van der Waals surface area contributed by atoms with Crippen LogP contribution in [0.15, 0.2) is 24.5 Å². The van der Waals surface area contributed by atoms with Gasteiger partial charge in [0.1, 0.15) is 0 Å². The second-order valence-corrected chi connectivity index (χ2v) is 4.64. The predicted octanol–water partition coefficient (Wildman–Crippen LogP) is 0.877. The summed E-state index contributed by atoms with van der Waals surface area (Å²) >= 11 is 0. The fourth-order valence-corrected chi connectivity index (χ4v) is 2.19. The van der Waals surface area contributed by atoms with Gasteiger partial charge in [-0.2, -0.15) is 0 Å². The van der Waals surface area contributed by atoms with Gasteiger partial charge in [-0.15, -0.1) is 0 Å². The molecule has 2 rings (SSSR count). The third-order valence-electron chi connectivity index (χ3n) is 3.34. The normalized spacial score (nSPS) is 24.4. The quantitative estimate of drug-likeness (QED) is 0.823. The average molecular weight is 235 g/mol. The van der Waals surface area contributed by atoms with Crippen molar-refractivity contribution in [2.24, 2.45) is 11.7 Å². The van der Waals surface area contributed by atoms with Gasteiger partial charge in [0, 0.05) is 37.4 Å². The summed E-state index contributed by atoms with van der Waals surface area (Å²) in [6.07, 6.45) is 3.68. The van der Waals surface area contributed by atoms with Crippen molar-refractivity contribution >= 4 is 0 Å². The van der Waals surface area contributed by atoms with Crippen molar-refractivity contribution in [3.63, 3.8) is 0 Å². The van der Waals surface area contributed by atoms with E-state index in [1.807, 2.05) is 12.4 Å². The number of rotatable bonds is 5. The minimum absolute atomic E-state index is 0.196. The smallest absolute Gasteiger partial charge is 0.0621 e. The van der Waals surface area contributed by atoms with Gasteiger partial charge in [-0.1, -0.05) is 6.92 Å². The van der Waals surface area contributed by atoms with Crippen LogP contribution in [0.4, 0.5) is 0 Å². The lowest BCUT2D eigenvalue weighted by molar-refractivity contribution is 0.167. The number of nitrogens with zero attached hydrogens (tertiary/aromatic N) is 2. The molecule has 1 aromatic heterocycles. The molecule has 1 fully saturated rings. The van der Waals surface area contributed by atoms with Crippen LogP contribution in [0.1, 0.15) is 12.5 Å². The Kier molecular flexibility index (Phi) is 4.48. The van der Waals surface area contributed by atoms with Crippen molar-refractivity contribution in [1.29, 1.82) is 0 Å². The third kappa shape index (κ3) is 3.49. The molecule has 0 aliphatic carbocycles. The highest BCUT2D eigenvalue weighted by Crippen LogP contribution is 2.14. The number of hydrogen-bond donors (Lipinski definition) is 1. The van der Waals surface area contributed by atoms with E-state index >= 15 is 0 Å². The molecule has 0 aromatic carbocycles. The Morgan fingerprint density at radius 3 is 2.76 bits per heavy atom. The molecule has 4 heteroatoms. The Labute approximate surface area is 103 Å². The monoisotopic (exact) mass is 235 g/mol. The van der Waals surface area contributed by atoms with Crippen molar-refractivity contribution in [1.82, 2.24) is 9.88 Å². The first kappa shape index (κ1) is 12.5. The predicted molar refractivity (Wildman–Crippen MR) is 67.5 cm³/mol. The summed E-state index contributed by atoms with van der Waals surface area (Å²) in [4.78, 5) is 6.45. The highest BCUT2D eigenvalue weighted by molar-refractivity contribution is 5.09. The van der Waals surface area contributed by atoms with Crippen LogP contribution >= 0.6 is 0 Å². The molecule has 4 nitrogen and oxygen atoms in total. The van der Waals surface area contributed by atoms with E-state index in [1.165, 1.54) is 5.56 Å². The molecule has 1 saturated heterocycles. The van der Waals surface area contributed by atoms with Crippen LogP contribution < -0.4 is 5.73 Å². The summed E-state index contributed by atoms with van der Waals surface area (Å²) < 4.78 is 5.40. The molecule has 2 N–H and O–H groups in total. The van der Waals surface area contributed by atoms with E-state index in [2.05, 4.69) is 28.9 Å². The maximum Gasteiger partial charge on any atom is 0.0621 e. The maximum atomic E-state index is 6.01. The largest absolute Gasteiger partial charge is 0.379 e. The van der Waals surface area contributed by atoms with E-state index < -0.39 is 0 Å². The first-order valence-electron chi connectivity index (χ1n) is 6.24. The second-order valence-electron chi connectivity index (χ2n) is 4.64. The zero-order valence-electron chi connectivity index (χ0n) is 10.4. The van der Waals surface area contributed by atoms with Gasteiger partial charge in [0.25, 0.3) is 0 Å². The van der Waals surface area contributed by atoms with Gasteiger partial charge >= 0.3 is 0 Å². The number of pyridine rings is 1. The summed E-state index contributed by atoms with van der Waals surface area (Å²) in [5.41, 5.74) is 7.31. The number of ether oxygens (including phenoxy) is 1. The Balaban J connectivity index is 1.88. The average Bonchev–Trinajstić information content (AvgIpc) is 2.75. The van der Waals surface area contributed by atoms with Gasteiger partial charge in [-0.3, -0.25) is 9.88 Å². The summed E-state index contributed by atoms with van der Waals surface area (Å²) in [6, 6.07) is 4.32. The Bertz CT molecular complexity index is 331. The molecular weight excluding hydrogens is 214 g/mol. The highest BCUT2D eigenvalue weighted by atomic mass is 16.5. The summed E-state index contributed by atoms with van der Waals surface area (Å²) in [6.45, 7) is 6.70. The van der Waals surface area contributed by atoms with Crippen molar-refractivity contribution < 1.29 is 4.74 Å². The van der Waals surface area contributed by atoms with Gasteiger partial charge in [-0.05, 0) is 24.2 Å². The van der Waals surface area contributed by atoms with Crippen LogP contribution in [-0.2, 0) is 11.3 Å². The van der Waals surface area contributed by atoms with Gasteiger partial charge in [0.15, 0.2) is 0 Å². The van der Waals surface area contributed by atoms with Gasteiger partial charge < -0.3 is 10.5 Å². The summed E-state index contributed by atoms with van der Waals surface area (Å²) in [5, 5.41) is 0. The van der Waals surface area contributed by atoms with E-state index in [4.69, 9.17) is 10.5 Å². The zero-order chi connectivity index (χ0) is 12.1. The lowest BCUT2D eigenvalue weighted by Crippen LogP contribution is -2.38. The number of hydrogen-bond acceptors (Lipinski definition) is 4. The van der Waals surface area contributed by atoms with E-state index in [-0.39, 0.29) is 6.04 Å². The lowest BCUT2D eigenvalue weighted by atomic mass is 10.0. The minimum Gasteiger partial charge on any atom is -0.379 e. The Hall–Kier alpha value is -0.970. The molecule has 0 amide bonds. The molecule has 2 unspecified atom stereocenters. The maximum absolute atomic E-state index is 6.01. The van der Waals surface area contributed by atoms with Crippen LogP contribution in [0.2, 0.25) is 0 Å². The van der Waals surface area contributed by atoms with Crippen LogP contribution in [0.5, 0.6) is 0 Å². The number of aromatic nitrogens is 1. The van der Waals surface area contributed by atoms with Crippen molar-refractivity contribution in [3.8, 4) is 0 Å². The molecule has 0 bridgehead atoms. The fourth-order valence-electron chi connectivity index (χ4n) is 2.19. The SMILES string of the molecule is CCN(Cc1ccncc1)CC1COCC1N. The van der Waals surface area contributed by atoms with Crippen molar-refractivity contribution in [2.75, 3.05) is 26.3 Å². The van der Waals surface area contributed by atoms with Crippen LogP contribution in [0.3, 0.4) is 0 Å². The van der Waals surface area contributed by atoms with E-state index in [9.17, 15) is 0 Å². The third-order valence-corrected chi connectivity index (χ3v) is 3.34. The van der Waals surface area contributed by atoms with Crippen LogP contribution in [0.25, 0.3) is 0 Å². The zero-order valence-corrected chi connectivity index (χ0v) is 10.4. The second kappa shape index (κ2) is 6.10. The van der Waals surface area contributed by atoms with Crippen molar-refractivity contribution in [3.05, 3.63) is 30.1 Å². The van der Waals surface area contributed by atoms with Gasteiger partial charge in [0.05, 0.1) is 13.2 Å². The minimum atomic E-state index is 0.196. The molecule has 1 aromatic rings. The lowest BCUT2D eigenvalue weighted by Gasteiger charge is -2.25. The summed E-state index contributed by atoms with van der Waals surface area (Å²) in [5.74, 6) is 0.469. The molecule has 0 radical (unpaired) electrons.